The Morgan fingerprint density at radius 1 is 0.875 bits per heavy atom. The fourth-order valence-corrected chi connectivity index (χ4v) is 0.190. The first kappa shape index (κ1) is 7.04. The second-order valence-electron chi connectivity index (χ2n) is 1.01. The highest BCUT2D eigenvalue weighted by molar-refractivity contribution is 5.26. The Labute approximate surface area is 49.2 Å². The maximum Gasteiger partial charge on any atom is 0.0561 e. The van der Waals surface area contributed by atoms with Gasteiger partial charge in [-0.05, 0) is 11.8 Å². The summed E-state index contributed by atoms with van der Waals surface area (Å²) >= 11 is 0. The van der Waals surface area contributed by atoms with Crippen LogP contribution in [0, 0.1) is 23.7 Å². The van der Waals surface area contributed by atoms with Gasteiger partial charge in [0.15, 0.2) is 0 Å². The SMILES string of the molecule is NCC#CC#CCN. The second kappa shape index (κ2) is 6.04. The summed E-state index contributed by atoms with van der Waals surface area (Å²) in [5.41, 5.74) is 10.1. The lowest BCUT2D eigenvalue weighted by Gasteiger charge is -1.65. The van der Waals surface area contributed by atoms with Gasteiger partial charge in [0.25, 0.3) is 0 Å². The molecule has 0 aromatic heterocycles. The third-order valence-electron chi connectivity index (χ3n) is 0.443. The van der Waals surface area contributed by atoms with Gasteiger partial charge in [0.05, 0.1) is 13.1 Å². The van der Waals surface area contributed by atoms with Crippen molar-refractivity contribution in [1.82, 2.24) is 0 Å². The Bertz CT molecular complexity index is 131. The molecule has 0 aliphatic carbocycles. The van der Waals surface area contributed by atoms with Crippen LogP contribution in [0.25, 0.3) is 0 Å². The van der Waals surface area contributed by atoms with Crippen LogP contribution in [0.5, 0.6) is 0 Å². The maximum absolute atomic E-state index is 5.04. The first-order valence-electron chi connectivity index (χ1n) is 2.27. The van der Waals surface area contributed by atoms with Crippen molar-refractivity contribution in [1.29, 1.82) is 0 Å². The molecular weight excluding hydrogens is 100 g/mol. The Morgan fingerprint density at radius 3 is 1.50 bits per heavy atom. The molecule has 0 heterocycles. The van der Waals surface area contributed by atoms with Gasteiger partial charge in [-0.25, -0.2) is 0 Å². The molecule has 42 valence electrons. The van der Waals surface area contributed by atoms with Crippen LogP contribution in [-0.4, -0.2) is 13.1 Å². The zero-order chi connectivity index (χ0) is 6.24. The van der Waals surface area contributed by atoms with Crippen molar-refractivity contribution >= 4 is 0 Å². The molecule has 2 nitrogen and oxygen atoms in total. The maximum atomic E-state index is 5.04. The number of hydrogen-bond acceptors (Lipinski definition) is 2. The van der Waals surface area contributed by atoms with Crippen molar-refractivity contribution in [2.75, 3.05) is 13.1 Å². The van der Waals surface area contributed by atoms with Crippen LogP contribution in [0.3, 0.4) is 0 Å². The highest BCUT2D eigenvalue weighted by Gasteiger charge is 1.56. The van der Waals surface area contributed by atoms with Gasteiger partial charge in [-0.15, -0.1) is 0 Å². The molecule has 0 atom stereocenters. The lowest BCUT2D eigenvalue weighted by Crippen LogP contribution is -1.93. The van der Waals surface area contributed by atoms with Crippen molar-refractivity contribution in [2.45, 2.75) is 0 Å². The molecule has 0 aliphatic rings. The minimum absolute atomic E-state index is 0.360. The summed E-state index contributed by atoms with van der Waals surface area (Å²) in [6.07, 6.45) is 0. The van der Waals surface area contributed by atoms with Crippen LogP contribution in [0.4, 0.5) is 0 Å². The first-order valence-corrected chi connectivity index (χ1v) is 2.27. The molecule has 0 aromatic rings. The van der Waals surface area contributed by atoms with Crippen LogP contribution in [0.1, 0.15) is 0 Å². The van der Waals surface area contributed by atoms with Gasteiger partial charge in [-0.3, -0.25) is 0 Å². The zero-order valence-electron chi connectivity index (χ0n) is 4.57. The Morgan fingerprint density at radius 2 is 1.25 bits per heavy atom. The largest absolute Gasteiger partial charge is 0.320 e. The van der Waals surface area contributed by atoms with Gasteiger partial charge in [0.2, 0.25) is 0 Å². The second-order valence-corrected chi connectivity index (χ2v) is 1.01. The molecule has 0 saturated heterocycles. The van der Waals surface area contributed by atoms with Crippen molar-refractivity contribution in [3.8, 4) is 23.7 Å². The molecule has 0 spiro atoms. The molecule has 0 amide bonds. The van der Waals surface area contributed by atoms with Crippen molar-refractivity contribution in [3.63, 3.8) is 0 Å². The minimum Gasteiger partial charge on any atom is -0.320 e. The number of rotatable bonds is 0. The molecule has 0 fully saturated rings. The Balaban J connectivity index is 3.40. The molecule has 2 heteroatoms. The van der Waals surface area contributed by atoms with Gasteiger partial charge in [-0.2, -0.15) is 0 Å². The first-order chi connectivity index (χ1) is 3.91. The van der Waals surface area contributed by atoms with E-state index in [0.717, 1.165) is 0 Å². The topological polar surface area (TPSA) is 52.0 Å². The molecule has 0 rings (SSSR count). The van der Waals surface area contributed by atoms with E-state index in [1.165, 1.54) is 0 Å². The van der Waals surface area contributed by atoms with E-state index in [0.29, 0.717) is 13.1 Å². The summed E-state index contributed by atoms with van der Waals surface area (Å²) in [5, 5.41) is 0. The highest BCUT2D eigenvalue weighted by Crippen LogP contribution is 1.48. The predicted molar refractivity (Wildman–Crippen MR) is 33.7 cm³/mol. The van der Waals surface area contributed by atoms with Gasteiger partial charge in [-0.1, -0.05) is 11.8 Å². The van der Waals surface area contributed by atoms with Crippen molar-refractivity contribution in [2.24, 2.45) is 11.5 Å². The Hall–Kier alpha value is -0.960. The van der Waals surface area contributed by atoms with Gasteiger partial charge in [0, 0.05) is 0 Å². The minimum atomic E-state index is 0.360. The average Bonchev–Trinajstić information content (AvgIpc) is 1.81. The van der Waals surface area contributed by atoms with E-state index in [9.17, 15) is 0 Å². The number of hydrogen-bond donors (Lipinski definition) is 2. The molecule has 0 aromatic carbocycles. The summed E-state index contributed by atoms with van der Waals surface area (Å²) in [6, 6.07) is 0. The summed E-state index contributed by atoms with van der Waals surface area (Å²) in [5.74, 6) is 10.2. The third kappa shape index (κ3) is 5.04. The van der Waals surface area contributed by atoms with Crippen LogP contribution in [0.2, 0.25) is 0 Å². The lowest BCUT2D eigenvalue weighted by molar-refractivity contribution is 1.30. The monoisotopic (exact) mass is 108 g/mol. The fourth-order valence-electron chi connectivity index (χ4n) is 0.190. The van der Waals surface area contributed by atoms with E-state index in [-0.39, 0.29) is 0 Å². The zero-order valence-corrected chi connectivity index (χ0v) is 4.57. The normalized spacial score (nSPS) is 5.75. The average molecular weight is 108 g/mol. The predicted octanol–water partition coefficient (Wildman–Crippen LogP) is -1.09. The molecule has 0 radical (unpaired) electrons. The standard InChI is InChI=1S/C6H8N2/c7-5-3-1-2-4-6-8/h5-8H2. The lowest BCUT2D eigenvalue weighted by atomic mass is 10.5. The molecule has 0 aliphatic heterocycles. The van der Waals surface area contributed by atoms with Crippen LogP contribution in [0.15, 0.2) is 0 Å². The smallest absolute Gasteiger partial charge is 0.0561 e. The van der Waals surface area contributed by atoms with Gasteiger partial charge < -0.3 is 11.5 Å². The summed E-state index contributed by atoms with van der Waals surface area (Å²) in [6.45, 7) is 0.721. The van der Waals surface area contributed by atoms with E-state index in [1.54, 1.807) is 0 Å². The molecule has 8 heavy (non-hydrogen) atoms. The number of nitrogens with two attached hydrogens (primary N) is 2. The van der Waals surface area contributed by atoms with E-state index in [4.69, 9.17) is 11.5 Å². The van der Waals surface area contributed by atoms with E-state index >= 15 is 0 Å². The van der Waals surface area contributed by atoms with E-state index in [1.807, 2.05) is 0 Å². The molecule has 0 bridgehead atoms. The summed E-state index contributed by atoms with van der Waals surface area (Å²) in [7, 11) is 0. The highest BCUT2D eigenvalue weighted by atomic mass is 14.5. The van der Waals surface area contributed by atoms with E-state index in [2.05, 4.69) is 23.7 Å². The molecule has 0 unspecified atom stereocenters. The van der Waals surface area contributed by atoms with Crippen molar-refractivity contribution < 1.29 is 0 Å². The van der Waals surface area contributed by atoms with Gasteiger partial charge in [0.1, 0.15) is 0 Å². The van der Waals surface area contributed by atoms with Crippen molar-refractivity contribution in [3.05, 3.63) is 0 Å². The quantitative estimate of drug-likeness (QED) is 0.387. The van der Waals surface area contributed by atoms with Crippen LogP contribution >= 0.6 is 0 Å². The fraction of sp³-hybridized carbons (Fsp3) is 0.333. The van der Waals surface area contributed by atoms with E-state index < -0.39 is 0 Å². The van der Waals surface area contributed by atoms with Crippen LogP contribution in [-0.2, 0) is 0 Å². The van der Waals surface area contributed by atoms with Gasteiger partial charge >= 0.3 is 0 Å². The summed E-state index contributed by atoms with van der Waals surface area (Å²) in [4.78, 5) is 0. The molecular formula is C6H8N2. The Kier molecular flexibility index (Phi) is 5.32. The molecule has 0 saturated carbocycles. The third-order valence-corrected chi connectivity index (χ3v) is 0.443. The summed E-state index contributed by atoms with van der Waals surface area (Å²) < 4.78 is 0. The molecule has 4 N–H and O–H groups in total. The van der Waals surface area contributed by atoms with Crippen LogP contribution < -0.4 is 11.5 Å².